The van der Waals surface area contributed by atoms with Gasteiger partial charge in [-0.2, -0.15) is 0 Å². The molecule has 1 amide bonds. The highest BCUT2D eigenvalue weighted by atomic mass is 16.7. The second-order valence-electron chi connectivity index (χ2n) is 9.69. The minimum absolute atomic E-state index is 0.307. The molecule has 0 radical (unpaired) electrons. The van der Waals surface area contributed by atoms with Gasteiger partial charge in [-0.3, -0.25) is 9.69 Å². The smallest absolute Gasteiger partial charge is 0.236 e. The van der Waals surface area contributed by atoms with E-state index in [2.05, 4.69) is 55.7 Å². The van der Waals surface area contributed by atoms with Crippen LogP contribution in [0.3, 0.4) is 0 Å². The minimum Gasteiger partial charge on any atom is -0.454 e. The summed E-state index contributed by atoms with van der Waals surface area (Å²) in [6.45, 7) is 14.6. The van der Waals surface area contributed by atoms with E-state index in [0.717, 1.165) is 69.2 Å². The molecule has 5 heteroatoms. The van der Waals surface area contributed by atoms with Gasteiger partial charge in [-0.1, -0.05) is 52.2 Å². The summed E-state index contributed by atoms with van der Waals surface area (Å²) >= 11 is 0. The first-order valence-corrected chi connectivity index (χ1v) is 12.8. The molecule has 5 nitrogen and oxygen atoms in total. The number of hydrogen-bond acceptors (Lipinski definition) is 4. The normalized spacial score (nSPS) is 24.1. The van der Waals surface area contributed by atoms with E-state index in [1.807, 2.05) is 13.0 Å². The van der Waals surface area contributed by atoms with Crippen molar-refractivity contribution in [2.24, 2.45) is 11.8 Å². The summed E-state index contributed by atoms with van der Waals surface area (Å²) < 4.78 is 10.9. The number of nitrogens with zero attached hydrogens (tertiary/aromatic N) is 2. The van der Waals surface area contributed by atoms with Gasteiger partial charge in [0.25, 0.3) is 0 Å². The monoisotopic (exact) mass is 446 g/mol. The second kappa shape index (κ2) is 14.4. The molecule has 2 unspecified atom stereocenters. The zero-order valence-corrected chi connectivity index (χ0v) is 21.1. The Morgan fingerprint density at radius 3 is 2.66 bits per heavy atom. The molecule has 2 fully saturated rings. The number of likely N-dealkylation sites (tertiary alicyclic amines) is 1. The Morgan fingerprint density at radius 1 is 1.19 bits per heavy atom. The number of unbranched alkanes of at least 4 members (excludes halogenated alkanes) is 2. The molecule has 2 heterocycles. The van der Waals surface area contributed by atoms with E-state index in [-0.39, 0.29) is 0 Å². The van der Waals surface area contributed by atoms with Crippen LogP contribution in [0.1, 0.15) is 79.6 Å². The minimum atomic E-state index is 0.307. The van der Waals surface area contributed by atoms with Crippen LogP contribution in [0.2, 0.25) is 0 Å². The Bertz CT molecular complexity index is 653. The molecule has 0 N–H and O–H groups in total. The molecule has 32 heavy (non-hydrogen) atoms. The standard InChI is InChI=1S/C27H46N2O3/c1-6-8-16-28(17-12-11-13-22(3)4)27(30)20-29-19-24(18-23(29)5)14-9-10-15-26-25(7-2)31-21-32-26/h7,9,14-15,22-24H,6,8,10-13,16-21H2,1-5H3/b14-9+,25-7+,26-15+. The lowest BCUT2D eigenvalue weighted by Crippen LogP contribution is -2.42. The van der Waals surface area contributed by atoms with Crippen LogP contribution in [-0.2, 0) is 14.3 Å². The van der Waals surface area contributed by atoms with Gasteiger partial charge in [0.05, 0.1) is 6.54 Å². The quantitative estimate of drug-likeness (QED) is 0.261. The first-order valence-electron chi connectivity index (χ1n) is 12.8. The second-order valence-corrected chi connectivity index (χ2v) is 9.69. The predicted octanol–water partition coefficient (Wildman–Crippen LogP) is 5.89. The Hall–Kier alpha value is -1.75. The van der Waals surface area contributed by atoms with Gasteiger partial charge < -0.3 is 14.4 Å². The molecule has 0 aromatic rings. The number of hydrogen-bond donors (Lipinski definition) is 0. The highest BCUT2D eigenvalue weighted by molar-refractivity contribution is 5.78. The predicted molar refractivity (Wildman–Crippen MR) is 132 cm³/mol. The topological polar surface area (TPSA) is 42.0 Å². The van der Waals surface area contributed by atoms with Crippen molar-refractivity contribution in [1.29, 1.82) is 0 Å². The maximum absolute atomic E-state index is 13.1. The molecule has 2 saturated heterocycles. The molecule has 2 aliphatic heterocycles. The van der Waals surface area contributed by atoms with E-state index in [1.54, 1.807) is 0 Å². The third-order valence-electron chi connectivity index (χ3n) is 6.45. The molecule has 0 bridgehead atoms. The van der Waals surface area contributed by atoms with Crippen molar-refractivity contribution in [2.75, 3.05) is 33.0 Å². The summed E-state index contributed by atoms with van der Waals surface area (Å²) in [5.41, 5.74) is 0. The summed E-state index contributed by atoms with van der Waals surface area (Å²) in [5.74, 6) is 3.22. The Balaban J connectivity index is 1.80. The van der Waals surface area contributed by atoms with Crippen molar-refractivity contribution in [3.8, 4) is 0 Å². The molecule has 0 saturated carbocycles. The molecular weight excluding hydrogens is 400 g/mol. The third-order valence-corrected chi connectivity index (χ3v) is 6.45. The van der Waals surface area contributed by atoms with Crippen molar-refractivity contribution in [3.63, 3.8) is 0 Å². The lowest BCUT2D eigenvalue weighted by molar-refractivity contribution is -0.132. The molecule has 0 aromatic carbocycles. The SMILES string of the molecule is C/C=C1/OCO/C1=C/C/C=C/C1CC(C)N(CC(=O)N(CCCC)CCCCC(C)C)C1. The molecule has 2 rings (SSSR count). The highest BCUT2D eigenvalue weighted by Gasteiger charge is 2.29. The molecule has 2 aliphatic rings. The average molecular weight is 447 g/mol. The van der Waals surface area contributed by atoms with E-state index in [0.29, 0.717) is 31.2 Å². The van der Waals surface area contributed by atoms with Crippen molar-refractivity contribution in [3.05, 3.63) is 35.8 Å². The van der Waals surface area contributed by atoms with Gasteiger partial charge in [0.2, 0.25) is 12.7 Å². The highest BCUT2D eigenvalue weighted by Crippen LogP contribution is 2.25. The lowest BCUT2D eigenvalue weighted by atomic mass is 10.1. The van der Waals surface area contributed by atoms with Gasteiger partial charge in [-0.05, 0) is 63.5 Å². The zero-order chi connectivity index (χ0) is 23.3. The number of allylic oxidation sites excluding steroid dienone is 3. The van der Waals surface area contributed by atoms with Gasteiger partial charge >= 0.3 is 0 Å². The summed E-state index contributed by atoms with van der Waals surface area (Å²) in [7, 11) is 0. The van der Waals surface area contributed by atoms with Crippen LogP contribution < -0.4 is 0 Å². The first kappa shape index (κ1) is 26.5. The summed E-state index contributed by atoms with van der Waals surface area (Å²) in [6.07, 6.45) is 16.3. The number of ether oxygens (including phenoxy) is 2. The zero-order valence-electron chi connectivity index (χ0n) is 21.1. The van der Waals surface area contributed by atoms with Crippen LogP contribution in [0.5, 0.6) is 0 Å². The summed E-state index contributed by atoms with van der Waals surface area (Å²) in [4.78, 5) is 17.6. The van der Waals surface area contributed by atoms with Crippen LogP contribution >= 0.6 is 0 Å². The van der Waals surface area contributed by atoms with Gasteiger partial charge in [-0.25, -0.2) is 0 Å². The fourth-order valence-corrected chi connectivity index (χ4v) is 4.47. The van der Waals surface area contributed by atoms with E-state index in [1.165, 1.54) is 12.8 Å². The molecule has 0 aromatic heterocycles. The van der Waals surface area contributed by atoms with Crippen LogP contribution in [0.25, 0.3) is 0 Å². The van der Waals surface area contributed by atoms with Crippen LogP contribution in [0.15, 0.2) is 35.8 Å². The van der Waals surface area contributed by atoms with E-state index >= 15 is 0 Å². The van der Waals surface area contributed by atoms with Gasteiger partial charge in [0.15, 0.2) is 11.5 Å². The number of amides is 1. The molecule has 182 valence electrons. The van der Waals surface area contributed by atoms with Gasteiger partial charge in [-0.15, -0.1) is 0 Å². The number of rotatable bonds is 13. The van der Waals surface area contributed by atoms with E-state index in [4.69, 9.17) is 9.47 Å². The maximum Gasteiger partial charge on any atom is 0.236 e. The van der Waals surface area contributed by atoms with Crippen LogP contribution in [0.4, 0.5) is 0 Å². The van der Waals surface area contributed by atoms with E-state index in [9.17, 15) is 4.79 Å². The van der Waals surface area contributed by atoms with Gasteiger partial charge in [0.1, 0.15) is 0 Å². The average Bonchev–Trinajstić information content (AvgIpc) is 3.36. The van der Waals surface area contributed by atoms with Crippen molar-refractivity contribution in [2.45, 2.75) is 85.6 Å². The Kier molecular flexibility index (Phi) is 11.9. The molecule has 0 spiro atoms. The van der Waals surface area contributed by atoms with Crippen LogP contribution in [0, 0.1) is 11.8 Å². The Labute approximate surface area is 196 Å². The molecule has 0 aliphatic carbocycles. The third kappa shape index (κ3) is 9.01. The lowest BCUT2D eigenvalue weighted by Gasteiger charge is -2.27. The first-order chi connectivity index (χ1) is 15.4. The van der Waals surface area contributed by atoms with Gasteiger partial charge in [0, 0.05) is 25.7 Å². The fourth-order valence-electron chi connectivity index (χ4n) is 4.47. The molecule has 2 atom stereocenters. The summed E-state index contributed by atoms with van der Waals surface area (Å²) in [6, 6.07) is 0.446. The molecular formula is C27H46N2O3. The van der Waals surface area contributed by atoms with Crippen molar-refractivity contribution < 1.29 is 14.3 Å². The maximum atomic E-state index is 13.1. The fraction of sp³-hybridized carbons (Fsp3) is 0.741. The number of carbonyl (C=O) groups is 1. The van der Waals surface area contributed by atoms with Crippen molar-refractivity contribution in [1.82, 2.24) is 9.80 Å². The number of carbonyl (C=O) groups excluding carboxylic acids is 1. The van der Waals surface area contributed by atoms with Crippen molar-refractivity contribution >= 4 is 5.91 Å². The van der Waals surface area contributed by atoms with E-state index < -0.39 is 0 Å². The Morgan fingerprint density at radius 2 is 1.94 bits per heavy atom. The largest absolute Gasteiger partial charge is 0.454 e. The summed E-state index contributed by atoms with van der Waals surface area (Å²) in [5, 5.41) is 0. The van der Waals surface area contributed by atoms with Crippen LogP contribution in [-0.4, -0.2) is 54.7 Å².